The first-order valence-corrected chi connectivity index (χ1v) is 7.32. The molecule has 23 heavy (non-hydrogen) atoms. The Morgan fingerprint density at radius 2 is 1.74 bits per heavy atom. The van der Waals surface area contributed by atoms with Gasteiger partial charge in [-0.05, 0) is 17.7 Å². The molecular formula is C18H14N4O. The van der Waals surface area contributed by atoms with E-state index in [2.05, 4.69) is 27.2 Å². The van der Waals surface area contributed by atoms with Gasteiger partial charge in [-0.1, -0.05) is 42.5 Å². The van der Waals surface area contributed by atoms with Gasteiger partial charge in [-0.15, -0.1) is 0 Å². The van der Waals surface area contributed by atoms with E-state index in [-0.39, 0.29) is 0 Å². The van der Waals surface area contributed by atoms with Crippen LogP contribution in [0.5, 0.6) is 11.6 Å². The molecule has 4 aromatic rings. The van der Waals surface area contributed by atoms with E-state index >= 15 is 0 Å². The molecule has 0 radical (unpaired) electrons. The number of fused-ring (bicyclic) bond motifs is 1. The van der Waals surface area contributed by atoms with Crippen LogP contribution in [0.4, 0.5) is 0 Å². The van der Waals surface area contributed by atoms with Gasteiger partial charge in [0.25, 0.3) is 0 Å². The van der Waals surface area contributed by atoms with Crippen LogP contribution < -0.4 is 4.74 Å². The van der Waals surface area contributed by atoms with Gasteiger partial charge in [0, 0.05) is 0 Å². The fourth-order valence-electron chi connectivity index (χ4n) is 2.43. The van der Waals surface area contributed by atoms with E-state index < -0.39 is 0 Å². The van der Waals surface area contributed by atoms with Crippen LogP contribution in [0.1, 0.15) is 5.56 Å². The molecule has 5 nitrogen and oxygen atoms in total. The average molecular weight is 302 g/mol. The molecule has 2 aromatic carbocycles. The van der Waals surface area contributed by atoms with Gasteiger partial charge in [0.15, 0.2) is 5.75 Å². The fraction of sp³-hybridized carbons (Fsp3) is 0.0556. The van der Waals surface area contributed by atoms with E-state index in [1.165, 1.54) is 11.9 Å². The predicted molar refractivity (Wildman–Crippen MR) is 87.4 cm³/mol. The molecule has 0 aliphatic rings. The second-order valence-corrected chi connectivity index (χ2v) is 5.16. The summed E-state index contributed by atoms with van der Waals surface area (Å²) >= 11 is 0. The number of ether oxygens (including phenoxy) is 1. The molecule has 5 heteroatoms. The van der Waals surface area contributed by atoms with Crippen molar-refractivity contribution in [1.82, 2.24) is 19.7 Å². The number of rotatable bonds is 4. The number of hydrogen-bond donors (Lipinski definition) is 0. The summed E-state index contributed by atoms with van der Waals surface area (Å²) in [4.78, 5) is 8.46. The Labute approximate surface area is 133 Å². The van der Waals surface area contributed by atoms with Crippen molar-refractivity contribution in [2.45, 2.75) is 6.54 Å². The minimum atomic E-state index is 0.537. The summed E-state index contributed by atoms with van der Waals surface area (Å²) in [6.07, 6.45) is 5.07. The first-order chi connectivity index (χ1) is 11.4. The highest BCUT2D eigenvalue weighted by Gasteiger charge is 2.07. The highest BCUT2D eigenvalue weighted by Crippen LogP contribution is 2.25. The Balaban J connectivity index is 1.57. The topological polar surface area (TPSA) is 52.8 Å². The molecule has 112 valence electrons. The molecule has 0 fully saturated rings. The highest BCUT2D eigenvalue weighted by atomic mass is 16.5. The first-order valence-electron chi connectivity index (χ1n) is 7.32. The minimum Gasteiger partial charge on any atom is -0.435 e. The van der Waals surface area contributed by atoms with Gasteiger partial charge < -0.3 is 4.74 Å². The standard InChI is InChI=1S/C18H14N4O/c1-2-6-14(7-3-1)11-22-12-15(10-21-22)23-18-16-8-4-5-9-17(16)19-13-20-18/h1-10,12-13H,11H2. The Kier molecular flexibility index (Phi) is 3.44. The van der Waals surface area contributed by atoms with Crippen LogP contribution >= 0.6 is 0 Å². The number of benzene rings is 2. The molecule has 0 amide bonds. The minimum absolute atomic E-state index is 0.537. The molecular weight excluding hydrogens is 288 g/mol. The molecule has 0 aliphatic carbocycles. The van der Waals surface area contributed by atoms with Crippen LogP contribution in [-0.4, -0.2) is 19.7 Å². The van der Waals surface area contributed by atoms with E-state index in [1.807, 2.05) is 53.3 Å². The van der Waals surface area contributed by atoms with E-state index in [4.69, 9.17) is 4.74 Å². The lowest BCUT2D eigenvalue weighted by Crippen LogP contribution is -1.99. The maximum atomic E-state index is 5.88. The maximum Gasteiger partial charge on any atom is 0.230 e. The first kappa shape index (κ1) is 13.5. The van der Waals surface area contributed by atoms with Gasteiger partial charge in [0.2, 0.25) is 5.88 Å². The van der Waals surface area contributed by atoms with E-state index in [0.717, 1.165) is 10.9 Å². The van der Waals surface area contributed by atoms with E-state index in [9.17, 15) is 0 Å². The third-order valence-corrected chi connectivity index (χ3v) is 3.52. The zero-order valence-electron chi connectivity index (χ0n) is 12.3. The lowest BCUT2D eigenvalue weighted by atomic mass is 10.2. The summed E-state index contributed by atoms with van der Waals surface area (Å²) in [5.41, 5.74) is 2.05. The van der Waals surface area contributed by atoms with Crippen LogP contribution in [0, 0.1) is 0 Å². The SMILES string of the molecule is c1ccc(Cn2cc(Oc3ncnc4ccccc34)cn2)cc1. The van der Waals surface area contributed by atoms with Crippen molar-refractivity contribution in [3.8, 4) is 11.6 Å². The predicted octanol–water partition coefficient (Wildman–Crippen LogP) is 3.67. The zero-order chi connectivity index (χ0) is 15.5. The second kappa shape index (κ2) is 5.88. The van der Waals surface area contributed by atoms with Gasteiger partial charge in [-0.3, -0.25) is 4.68 Å². The van der Waals surface area contributed by atoms with Crippen LogP contribution in [-0.2, 0) is 6.54 Å². The third kappa shape index (κ3) is 2.89. The number of nitrogens with zero attached hydrogens (tertiary/aromatic N) is 4. The Morgan fingerprint density at radius 3 is 2.65 bits per heavy atom. The third-order valence-electron chi connectivity index (χ3n) is 3.52. The summed E-state index contributed by atoms with van der Waals surface area (Å²) in [6, 6.07) is 17.9. The van der Waals surface area contributed by atoms with E-state index in [1.54, 1.807) is 6.20 Å². The number of hydrogen-bond acceptors (Lipinski definition) is 4. The Morgan fingerprint density at radius 1 is 0.913 bits per heavy atom. The van der Waals surface area contributed by atoms with Crippen molar-refractivity contribution in [2.75, 3.05) is 0 Å². The molecule has 2 aromatic heterocycles. The Hall–Kier alpha value is -3.21. The van der Waals surface area contributed by atoms with Crippen LogP contribution in [0.25, 0.3) is 10.9 Å². The molecule has 0 spiro atoms. The molecule has 0 saturated carbocycles. The van der Waals surface area contributed by atoms with Gasteiger partial charge in [-0.25, -0.2) is 9.97 Å². The van der Waals surface area contributed by atoms with Crippen molar-refractivity contribution in [2.24, 2.45) is 0 Å². The lowest BCUT2D eigenvalue weighted by molar-refractivity contribution is 0.467. The summed E-state index contributed by atoms with van der Waals surface area (Å²) in [5, 5.41) is 5.22. The summed E-state index contributed by atoms with van der Waals surface area (Å²) < 4.78 is 7.72. The van der Waals surface area contributed by atoms with Gasteiger partial charge in [-0.2, -0.15) is 5.10 Å². The van der Waals surface area contributed by atoms with Crippen molar-refractivity contribution in [3.05, 3.63) is 78.9 Å². The quantitative estimate of drug-likeness (QED) is 0.577. The molecule has 0 unspecified atom stereocenters. The van der Waals surface area contributed by atoms with Crippen LogP contribution in [0.3, 0.4) is 0 Å². The molecule has 0 bridgehead atoms. The normalized spacial score (nSPS) is 10.8. The fourth-order valence-corrected chi connectivity index (χ4v) is 2.43. The van der Waals surface area contributed by atoms with E-state index in [0.29, 0.717) is 18.2 Å². The second-order valence-electron chi connectivity index (χ2n) is 5.16. The molecule has 0 aliphatic heterocycles. The molecule has 0 atom stereocenters. The van der Waals surface area contributed by atoms with Crippen molar-refractivity contribution in [3.63, 3.8) is 0 Å². The summed E-state index contributed by atoms with van der Waals surface area (Å²) in [5.74, 6) is 1.19. The summed E-state index contributed by atoms with van der Waals surface area (Å²) in [6.45, 7) is 0.703. The highest BCUT2D eigenvalue weighted by molar-refractivity contribution is 5.83. The van der Waals surface area contributed by atoms with Gasteiger partial charge in [0.05, 0.1) is 29.8 Å². The summed E-state index contributed by atoms with van der Waals surface area (Å²) in [7, 11) is 0. The van der Waals surface area contributed by atoms with Crippen LogP contribution in [0.2, 0.25) is 0 Å². The van der Waals surface area contributed by atoms with Crippen molar-refractivity contribution in [1.29, 1.82) is 0 Å². The zero-order valence-corrected chi connectivity index (χ0v) is 12.3. The van der Waals surface area contributed by atoms with Crippen LogP contribution in [0.15, 0.2) is 73.3 Å². The average Bonchev–Trinajstić information content (AvgIpc) is 3.03. The van der Waals surface area contributed by atoms with Crippen molar-refractivity contribution >= 4 is 10.9 Å². The van der Waals surface area contributed by atoms with Gasteiger partial charge in [0.1, 0.15) is 6.33 Å². The largest absolute Gasteiger partial charge is 0.435 e. The number of para-hydroxylation sites is 1. The van der Waals surface area contributed by atoms with Crippen molar-refractivity contribution < 1.29 is 4.74 Å². The Bertz CT molecular complexity index is 929. The number of aromatic nitrogens is 4. The maximum absolute atomic E-state index is 5.88. The molecule has 4 rings (SSSR count). The smallest absolute Gasteiger partial charge is 0.230 e. The molecule has 0 N–H and O–H groups in total. The molecule has 2 heterocycles. The molecule has 0 saturated heterocycles. The lowest BCUT2D eigenvalue weighted by Gasteiger charge is -2.04. The monoisotopic (exact) mass is 302 g/mol. The van der Waals surface area contributed by atoms with Gasteiger partial charge >= 0.3 is 0 Å².